The molecular weight excluding hydrogens is 512 g/mol. The number of thioether (sulfide) groups is 1. The van der Waals surface area contributed by atoms with Gasteiger partial charge in [-0.3, -0.25) is 14.4 Å². The van der Waals surface area contributed by atoms with Crippen LogP contribution in [0.2, 0.25) is 0 Å². The van der Waals surface area contributed by atoms with E-state index in [0.29, 0.717) is 29.1 Å². The SMILES string of the molecule is COC(=O)c1c(NC(=O)CSc2cccc(NC(=O)C3CC=CCC3C(=O)O)c2)sc2c1CCCCC2. The summed E-state index contributed by atoms with van der Waals surface area (Å²) in [5.74, 6) is -3.22. The molecule has 1 aromatic heterocycles. The number of esters is 1. The highest BCUT2D eigenvalue weighted by molar-refractivity contribution is 8.00. The van der Waals surface area contributed by atoms with Crippen LogP contribution in [0.5, 0.6) is 0 Å². The normalized spacial score (nSPS) is 18.8. The smallest absolute Gasteiger partial charge is 0.341 e. The van der Waals surface area contributed by atoms with E-state index >= 15 is 0 Å². The number of hydrogen-bond donors (Lipinski definition) is 3. The van der Waals surface area contributed by atoms with Crippen LogP contribution in [0.1, 0.15) is 52.9 Å². The van der Waals surface area contributed by atoms with Gasteiger partial charge in [-0.15, -0.1) is 23.1 Å². The fourth-order valence-corrected chi connectivity index (χ4v) is 6.78. The van der Waals surface area contributed by atoms with Crippen molar-refractivity contribution in [2.45, 2.75) is 49.8 Å². The molecular formula is C27H30N2O6S2. The number of aliphatic carboxylic acids is 1. The van der Waals surface area contributed by atoms with E-state index < -0.39 is 23.8 Å². The highest BCUT2D eigenvalue weighted by atomic mass is 32.2. The summed E-state index contributed by atoms with van der Waals surface area (Å²) in [6, 6.07) is 7.11. The Morgan fingerprint density at radius 3 is 2.57 bits per heavy atom. The maximum absolute atomic E-state index is 12.8. The van der Waals surface area contributed by atoms with Gasteiger partial charge in [0.2, 0.25) is 11.8 Å². The molecule has 0 aliphatic heterocycles. The van der Waals surface area contributed by atoms with E-state index in [2.05, 4.69) is 10.6 Å². The molecule has 2 atom stereocenters. The van der Waals surface area contributed by atoms with Gasteiger partial charge in [0.05, 0.1) is 30.3 Å². The maximum atomic E-state index is 12.8. The Balaban J connectivity index is 1.38. The van der Waals surface area contributed by atoms with Crippen molar-refractivity contribution in [2.75, 3.05) is 23.5 Å². The Bertz CT molecular complexity index is 1220. The van der Waals surface area contributed by atoms with Crippen LogP contribution in [0.3, 0.4) is 0 Å². The summed E-state index contributed by atoms with van der Waals surface area (Å²) in [5, 5.41) is 15.7. The molecule has 2 aliphatic carbocycles. The van der Waals surface area contributed by atoms with E-state index in [9.17, 15) is 24.3 Å². The number of fused-ring (bicyclic) bond motifs is 1. The van der Waals surface area contributed by atoms with Gasteiger partial charge in [-0.25, -0.2) is 4.79 Å². The molecule has 2 aliphatic rings. The average molecular weight is 543 g/mol. The first-order chi connectivity index (χ1) is 17.9. The third-order valence-corrected chi connectivity index (χ3v) is 8.82. The van der Waals surface area contributed by atoms with E-state index in [1.165, 1.54) is 30.2 Å². The number of methoxy groups -OCH3 is 1. The highest BCUT2D eigenvalue weighted by Crippen LogP contribution is 2.38. The molecule has 1 aromatic carbocycles. The second-order valence-corrected chi connectivity index (χ2v) is 11.3. The number of allylic oxidation sites excluding steroid dienone is 2. The van der Waals surface area contributed by atoms with Crippen molar-refractivity contribution in [3.05, 3.63) is 52.4 Å². The zero-order valence-electron chi connectivity index (χ0n) is 20.6. The molecule has 37 heavy (non-hydrogen) atoms. The first-order valence-electron chi connectivity index (χ1n) is 12.3. The number of rotatable bonds is 8. The Kier molecular flexibility index (Phi) is 9.04. The molecule has 0 spiro atoms. The van der Waals surface area contributed by atoms with Crippen LogP contribution in [0.4, 0.5) is 10.7 Å². The Morgan fingerprint density at radius 1 is 1.05 bits per heavy atom. The highest BCUT2D eigenvalue weighted by Gasteiger charge is 2.34. The minimum atomic E-state index is -0.975. The van der Waals surface area contributed by atoms with Gasteiger partial charge < -0.3 is 20.5 Å². The lowest BCUT2D eigenvalue weighted by molar-refractivity contribution is -0.146. The number of ether oxygens (including phenoxy) is 1. The zero-order valence-corrected chi connectivity index (χ0v) is 22.2. The largest absolute Gasteiger partial charge is 0.481 e. The van der Waals surface area contributed by atoms with Gasteiger partial charge in [-0.2, -0.15) is 0 Å². The summed E-state index contributed by atoms with van der Waals surface area (Å²) < 4.78 is 5.00. The monoisotopic (exact) mass is 542 g/mol. The van der Waals surface area contributed by atoms with Crippen LogP contribution in [-0.2, 0) is 32.0 Å². The summed E-state index contributed by atoms with van der Waals surface area (Å²) in [4.78, 5) is 51.5. The number of carbonyl (C=O) groups excluding carboxylic acids is 3. The molecule has 2 amide bonds. The number of carboxylic acids is 1. The molecule has 0 saturated heterocycles. The van der Waals surface area contributed by atoms with Crippen LogP contribution in [0, 0.1) is 11.8 Å². The van der Waals surface area contributed by atoms with E-state index in [4.69, 9.17) is 4.74 Å². The number of carboxylic acid groups (broad SMARTS) is 1. The molecule has 0 bridgehead atoms. The number of thiophene rings is 1. The van der Waals surface area contributed by atoms with Crippen LogP contribution in [-0.4, -0.2) is 41.7 Å². The van der Waals surface area contributed by atoms with Gasteiger partial charge in [-0.05, 0) is 62.3 Å². The van der Waals surface area contributed by atoms with Gasteiger partial charge in [0.15, 0.2) is 0 Å². The second kappa shape index (κ2) is 12.4. The fourth-order valence-electron chi connectivity index (χ4n) is 4.74. The molecule has 1 heterocycles. The van der Waals surface area contributed by atoms with Crippen molar-refractivity contribution in [3.63, 3.8) is 0 Å². The number of aryl methyl sites for hydroxylation is 1. The number of amides is 2. The molecule has 10 heteroatoms. The van der Waals surface area contributed by atoms with E-state index in [1.807, 2.05) is 12.1 Å². The molecule has 196 valence electrons. The third-order valence-electron chi connectivity index (χ3n) is 6.62. The summed E-state index contributed by atoms with van der Waals surface area (Å²) in [6.45, 7) is 0. The minimum absolute atomic E-state index is 0.120. The molecule has 0 radical (unpaired) electrons. The van der Waals surface area contributed by atoms with Crippen molar-refractivity contribution in [2.24, 2.45) is 11.8 Å². The molecule has 0 saturated carbocycles. The van der Waals surface area contributed by atoms with Gasteiger partial charge in [0.25, 0.3) is 0 Å². The summed E-state index contributed by atoms with van der Waals surface area (Å²) >= 11 is 2.77. The van der Waals surface area contributed by atoms with E-state index in [-0.39, 0.29) is 17.6 Å². The standard InChI is InChI=1S/C27H30N2O6S2/c1-35-27(34)23-20-12-3-2-4-13-21(20)37-25(23)29-22(30)15-36-17-9-7-8-16(14-17)28-24(31)18-10-5-6-11-19(18)26(32)33/h5-9,14,18-19H,2-4,10-13,15H2,1H3,(H,28,31)(H,29,30)(H,32,33). The first-order valence-corrected chi connectivity index (χ1v) is 14.1. The van der Waals surface area contributed by atoms with Crippen LogP contribution in [0.25, 0.3) is 0 Å². The van der Waals surface area contributed by atoms with Crippen molar-refractivity contribution in [3.8, 4) is 0 Å². The molecule has 0 fully saturated rings. The third kappa shape index (κ3) is 6.61. The summed E-state index contributed by atoms with van der Waals surface area (Å²) in [6.07, 6.45) is 9.27. The summed E-state index contributed by atoms with van der Waals surface area (Å²) in [7, 11) is 1.35. The van der Waals surface area contributed by atoms with Crippen molar-refractivity contribution < 1.29 is 29.0 Å². The van der Waals surface area contributed by atoms with Crippen molar-refractivity contribution in [1.82, 2.24) is 0 Å². The quantitative estimate of drug-likeness (QED) is 0.183. The van der Waals surface area contributed by atoms with Crippen LogP contribution >= 0.6 is 23.1 Å². The van der Waals surface area contributed by atoms with Gasteiger partial charge in [0.1, 0.15) is 5.00 Å². The second-order valence-electron chi connectivity index (χ2n) is 9.11. The predicted octanol–water partition coefficient (Wildman–Crippen LogP) is 5.14. The Morgan fingerprint density at radius 2 is 1.81 bits per heavy atom. The first kappa shape index (κ1) is 26.9. The van der Waals surface area contributed by atoms with Crippen LogP contribution in [0.15, 0.2) is 41.3 Å². The fraction of sp³-hybridized carbons (Fsp3) is 0.407. The maximum Gasteiger partial charge on any atom is 0.341 e. The molecule has 4 rings (SSSR count). The number of carbonyl (C=O) groups is 4. The van der Waals surface area contributed by atoms with Crippen molar-refractivity contribution >= 4 is 57.5 Å². The van der Waals surface area contributed by atoms with Gasteiger partial charge in [0, 0.05) is 15.5 Å². The molecule has 8 nitrogen and oxygen atoms in total. The molecule has 3 N–H and O–H groups in total. The van der Waals surface area contributed by atoms with E-state index in [1.54, 1.807) is 24.3 Å². The topological polar surface area (TPSA) is 122 Å². The Labute approximate surface area is 223 Å². The lowest BCUT2D eigenvalue weighted by atomic mass is 9.82. The lowest BCUT2D eigenvalue weighted by Gasteiger charge is -2.24. The average Bonchev–Trinajstić information content (AvgIpc) is 3.06. The number of hydrogen-bond acceptors (Lipinski definition) is 7. The number of nitrogens with one attached hydrogen (secondary N) is 2. The van der Waals surface area contributed by atoms with Crippen LogP contribution < -0.4 is 10.6 Å². The zero-order chi connectivity index (χ0) is 26.4. The Hall–Kier alpha value is -3.11. The number of anilines is 2. The number of benzene rings is 1. The predicted molar refractivity (Wildman–Crippen MR) is 144 cm³/mol. The van der Waals surface area contributed by atoms with Gasteiger partial charge in [-0.1, -0.05) is 24.6 Å². The van der Waals surface area contributed by atoms with E-state index in [0.717, 1.165) is 47.4 Å². The minimum Gasteiger partial charge on any atom is -0.481 e. The van der Waals surface area contributed by atoms with Crippen molar-refractivity contribution in [1.29, 1.82) is 0 Å². The molecule has 2 unspecified atom stereocenters. The molecule has 2 aromatic rings. The van der Waals surface area contributed by atoms with Gasteiger partial charge >= 0.3 is 11.9 Å². The lowest BCUT2D eigenvalue weighted by Crippen LogP contribution is -2.34. The summed E-state index contributed by atoms with van der Waals surface area (Å²) in [5.41, 5.74) is 2.02.